The lowest BCUT2D eigenvalue weighted by molar-refractivity contribution is 0.628. The van der Waals surface area contributed by atoms with E-state index in [0.29, 0.717) is 0 Å². The van der Waals surface area contributed by atoms with E-state index in [0.717, 1.165) is 22.5 Å². The maximum Gasteiger partial charge on any atom is 0.123 e. The zero-order valence-corrected chi connectivity index (χ0v) is 13.8. The third-order valence-electron chi connectivity index (χ3n) is 4.41. The van der Waals surface area contributed by atoms with Gasteiger partial charge in [-0.1, -0.05) is 24.3 Å². The first-order chi connectivity index (χ1) is 12.2. The fraction of sp³-hybridized carbons (Fsp3) is 0.0952. The smallest absolute Gasteiger partial charge is 0.123 e. The van der Waals surface area contributed by atoms with Crippen LogP contribution in [0, 0.1) is 12.7 Å². The number of halogens is 1. The van der Waals surface area contributed by atoms with Crippen LogP contribution in [-0.4, -0.2) is 9.97 Å². The van der Waals surface area contributed by atoms with E-state index in [1.165, 1.54) is 23.1 Å². The molecule has 0 aliphatic carbocycles. The molecule has 124 valence electrons. The zero-order chi connectivity index (χ0) is 17.2. The van der Waals surface area contributed by atoms with Crippen molar-refractivity contribution >= 4 is 16.6 Å². The molecule has 2 aromatic heterocycles. The van der Waals surface area contributed by atoms with Gasteiger partial charge in [0, 0.05) is 40.2 Å². The van der Waals surface area contributed by atoms with Crippen LogP contribution in [-0.2, 0) is 0 Å². The van der Waals surface area contributed by atoms with E-state index < -0.39 is 0 Å². The van der Waals surface area contributed by atoms with Crippen molar-refractivity contribution < 1.29 is 4.39 Å². The number of pyridine rings is 1. The summed E-state index contributed by atoms with van der Waals surface area (Å²) >= 11 is 0. The third-order valence-corrected chi connectivity index (χ3v) is 4.41. The van der Waals surface area contributed by atoms with Gasteiger partial charge in [0.25, 0.3) is 0 Å². The highest BCUT2D eigenvalue weighted by atomic mass is 19.1. The number of aromatic amines is 1. The molecule has 2 N–H and O–H groups in total. The first-order valence-corrected chi connectivity index (χ1v) is 8.21. The lowest BCUT2D eigenvalue weighted by Gasteiger charge is -2.21. The largest absolute Gasteiger partial charge is 0.374 e. The van der Waals surface area contributed by atoms with Crippen LogP contribution in [0.25, 0.3) is 10.9 Å². The van der Waals surface area contributed by atoms with E-state index in [1.54, 1.807) is 18.3 Å². The number of benzene rings is 2. The maximum absolute atomic E-state index is 13.3. The fourth-order valence-corrected chi connectivity index (χ4v) is 3.25. The zero-order valence-electron chi connectivity index (χ0n) is 13.8. The summed E-state index contributed by atoms with van der Waals surface area (Å²) in [6.45, 7) is 2.07. The SMILES string of the molecule is Cc1[nH]c2ccccc2c1[C@@H](Nc1ccc(F)cc1)c1cccnc1. The highest BCUT2D eigenvalue weighted by Gasteiger charge is 2.21. The van der Waals surface area contributed by atoms with Gasteiger partial charge in [-0.05, 0) is 48.9 Å². The van der Waals surface area contributed by atoms with Crippen molar-refractivity contribution in [1.82, 2.24) is 9.97 Å². The van der Waals surface area contributed by atoms with Gasteiger partial charge < -0.3 is 10.3 Å². The minimum absolute atomic E-state index is 0.0877. The summed E-state index contributed by atoms with van der Waals surface area (Å²) in [6, 6.07) is 18.6. The number of rotatable bonds is 4. The van der Waals surface area contributed by atoms with E-state index >= 15 is 0 Å². The molecule has 0 saturated heterocycles. The lowest BCUT2D eigenvalue weighted by Crippen LogP contribution is -2.13. The molecule has 4 aromatic rings. The molecule has 4 rings (SSSR count). The van der Waals surface area contributed by atoms with Crippen molar-refractivity contribution in [3.8, 4) is 0 Å². The van der Waals surface area contributed by atoms with E-state index in [1.807, 2.05) is 24.4 Å². The Bertz CT molecular complexity index is 991. The molecule has 25 heavy (non-hydrogen) atoms. The van der Waals surface area contributed by atoms with Gasteiger partial charge in [0.1, 0.15) is 5.82 Å². The summed E-state index contributed by atoms with van der Waals surface area (Å²) in [6.07, 6.45) is 3.63. The summed E-state index contributed by atoms with van der Waals surface area (Å²) in [5, 5.41) is 4.70. The first kappa shape index (κ1) is 15.4. The van der Waals surface area contributed by atoms with Crippen molar-refractivity contribution in [1.29, 1.82) is 0 Å². The van der Waals surface area contributed by atoms with Gasteiger partial charge in [-0.25, -0.2) is 4.39 Å². The van der Waals surface area contributed by atoms with Gasteiger partial charge in [-0.15, -0.1) is 0 Å². The number of aryl methyl sites for hydroxylation is 1. The second-order valence-electron chi connectivity index (χ2n) is 6.08. The number of para-hydroxylation sites is 1. The minimum atomic E-state index is -0.244. The molecule has 0 unspecified atom stereocenters. The Morgan fingerprint density at radius 2 is 1.80 bits per heavy atom. The van der Waals surface area contributed by atoms with Gasteiger partial charge in [0.05, 0.1) is 6.04 Å². The van der Waals surface area contributed by atoms with E-state index in [4.69, 9.17) is 0 Å². The molecule has 0 spiro atoms. The van der Waals surface area contributed by atoms with Crippen molar-refractivity contribution in [2.24, 2.45) is 0 Å². The van der Waals surface area contributed by atoms with Gasteiger partial charge >= 0.3 is 0 Å². The van der Waals surface area contributed by atoms with E-state index in [-0.39, 0.29) is 11.9 Å². The highest BCUT2D eigenvalue weighted by Crippen LogP contribution is 2.34. The molecule has 0 aliphatic rings. The van der Waals surface area contributed by atoms with Crippen LogP contribution in [0.2, 0.25) is 0 Å². The second kappa shape index (κ2) is 6.40. The molecule has 4 heteroatoms. The molecule has 0 bridgehead atoms. The maximum atomic E-state index is 13.3. The third kappa shape index (κ3) is 2.98. The summed E-state index contributed by atoms with van der Waals surface area (Å²) in [4.78, 5) is 7.72. The number of hydrogen-bond acceptors (Lipinski definition) is 2. The van der Waals surface area contributed by atoms with Crippen LogP contribution < -0.4 is 5.32 Å². The van der Waals surface area contributed by atoms with Crippen molar-refractivity contribution in [3.05, 3.63) is 95.7 Å². The normalized spacial score (nSPS) is 12.2. The molecule has 0 saturated carbocycles. The summed E-state index contributed by atoms with van der Waals surface area (Å²) in [5.41, 5.74) is 5.29. The van der Waals surface area contributed by atoms with Gasteiger partial charge in [0.2, 0.25) is 0 Å². The Morgan fingerprint density at radius 1 is 1.00 bits per heavy atom. The highest BCUT2D eigenvalue weighted by molar-refractivity contribution is 5.86. The van der Waals surface area contributed by atoms with Crippen LogP contribution in [0.15, 0.2) is 73.1 Å². The van der Waals surface area contributed by atoms with E-state index in [9.17, 15) is 4.39 Å². The van der Waals surface area contributed by atoms with Crippen molar-refractivity contribution in [2.45, 2.75) is 13.0 Å². The molecule has 0 fully saturated rings. The predicted molar refractivity (Wildman–Crippen MR) is 99.1 cm³/mol. The number of aromatic nitrogens is 2. The summed E-state index contributed by atoms with van der Waals surface area (Å²) in [7, 11) is 0. The first-order valence-electron chi connectivity index (χ1n) is 8.21. The Labute approximate surface area is 145 Å². The minimum Gasteiger partial charge on any atom is -0.374 e. The number of anilines is 1. The Kier molecular flexibility index (Phi) is 3.94. The number of H-pyrrole nitrogens is 1. The number of nitrogens with one attached hydrogen (secondary N) is 2. The molecule has 1 atom stereocenters. The van der Waals surface area contributed by atoms with Gasteiger partial charge in [-0.2, -0.15) is 0 Å². The van der Waals surface area contributed by atoms with Crippen LogP contribution >= 0.6 is 0 Å². The van der Waals surface area contributed by atoms with Crippen LogP contribution in [0.4, 0.5) is 10.1 Å². The molecule has 3 nitrogen and oxygen atoms in total. The summed E-state index contributed by atoms with van der Waals surface area (Å²) < 4.78 is 13.3. The number of hydrogen-bond donors (Lipinski definition) is 2. The Balaban J connectivity index is 1.85. The quantitative estimate of drug-likeness (QED) is 0.539. The lowest BCUT2D eigenvalue weighted by atomic mass is 9.97. The monoisotopic (exact) mass is 331 g/mol. The average Bonchev–Trinajstić information content (AvgIpc) is 2.98. The topological polar surface area (TPSA) is 40.7 Å². The molecular weight excluding hydrogens is 313 g/mol. The standard InChI is InChI=1S/C21H18FN3/c1-14-20(18-6-2-3-7-19(18)24-14)21(15-5-4-12-23-13-15)25-17-10-8-16(22)9-11-17/h2-13,21,24-25H,1H3/t21-/m0/s1. The van der Waals surface area contributed by atoms with E-state index in [2.05, 4.69) is 40.4 Å². The molecule has 2 heterocycles. The van der Waals surface area contributed by atoms with Crippen LogP contribution in [0.1, 0.15) is 22.9 Å². The Morgan fingerprint density at radius 3 is 2.56 bits per heavy atom. The van der Waals surface area contributed by atoms with Gasteiger partial charge in [0.15, 0.2) is 0 Å². The summed E-state index contributed by atoms with van der Waals surface area (Å²) in [5.74, 6) is -0.244. The Hall–Kier alpha value is -3.14. The van der Waals surface area contributed by atoms with Gasteiger partial charge in [-0.3, -0.25) is 4.98 Å². The number of nitrogens with zero attached hydrogens (tertiary/aromatic N) is 1. The number of fused-ring (bicyclic) bond motifs is 1. The fourth-order valence-electron chi connectivity index (χ4n) is 3.25. The molecule has 0 aliphatic heterocycles. The molecule has 2 aromatic carbocycles. The molecule has 0 amide bonds. The molecular formula is C21H18FN3. The van der Waals surface area contributed by atoms with Crippen LogP contribution in [0.5, 0.6) is 0 Å². The average molecular weight is 331 g/mol. The second-order valence-corrected chi connectivity index (χ2v) is 6.08. The van der Waals surface area contributed by atoms with Crippen molar-refractivity contribution in [3.63, 3.8) is 0 Å². The van der Waals surface area contributed by atoms with Crippen molar-refractivity contribution in [2.75, 3.05) is 5.32 Å². The predicted octanol–water partition coefficient (Wildman–Crippen LogP) is 5.21. The molecule has 0 radical (unpaired) electrons. The van der Waals surface area contributed by atoms with Crippen LogP contribution in [0.3, 0.4) is 0 Å².